The summed E-state index contributed by atoms with van der Waals surface area (Å²) in [5, 5.41) is 0. The van der Waals surface area contributed by atoms with Crippen molar-refractivity contribution < 1.29 is 18.8 Å². The van der Waals surface area contributed by atoms with E-state index < -0.39 is 0 Å². The molecule has 0 amide bonds. The highest BCUT2D eigenvalue weighted by Crippen LogP contribution is 2.33. The highest BCUT2D eigenvalue weighted by molar-refractivity contribution is 5.70. The number of carbonyl (C=O) groups is 1. The van der Waals surface area contributed by atoms with Gasteiger partial charge in [0, 0.05) is 5.92 Å². The molecule has 4 nitrogen and oxygen atoms in total. The first-order valence-corrected chi connectivity index (χ1v) is 8.14. The number of quaternary nitrogens is 1. The molecular weight excluding hydrogens is 266 g/mol. The fourth-order valence-corrected chi connectivity index (χ4v) is 3.62. The maximum Gasteiger partial charge on any atom is 0.361 e. The van der Waals surface area contributed by atoms with Crippen LogP contribution in [0.25, 0.3) is 0 Å². The van der Waals surface area contributed by atoms with Crippen LogP contribution in [0.5, 0.6) is 0 Å². The van der Waals surface area contributed by atoms with Gasteiger partial charge in [-0.3, -0.25) is 0 Å². The Labute approximate surface area is 128 Å². The van der Waals surface area contributed by atoms with Crippen molar-refractivity contribution in [2.45, 2.75) is 27.2 Å². The minimum absolute atomic E-state index is 0.0647. The molecule has 0 radical (unpaired) electrons. The van der Waals surface area contributed by atoms with Gasteiger partial charge in [-0.15, -0.1) is 0 Å². The highest BCUT2D eigenvalue weighted by Gasteiger charge is 2.31. The van der Waals surface area contributed by atoms with Crippen molar-refractivity contribution in [3.05, 3.63) is 11.6 Å². The first kappa shape index (κ1) is 16.5. The smallest absolute Gasteiger partial charge is 0.361 e. The van der Waals surface area contributed by atoms with Crippen LogP contribution >= 0.6 is 0 Å². The van der Waals surface area contributed by atoms with Gasteiger partial charge in [0.25, 0.3) is 0 Å². The summed E-state index contributed by atoms with van der Waals surface area (Å²) in [5.41, 5.74) is 1.46. The van der Waals surface area contributed by atoms with Gasteiger partial charge in [-0.25, -0.2) is 4.79 Å². The van der Waals surface area contributed by atoms with Gasteiger partial charge >= 0.3 is 5.97 Å². The van der Waals surface area contributed by atoms with E-state index in [0.29, 0.717) is 30.9 Å². The van der Waals surface area contributed by atoms with Crippen LogP contribution in [0.3, 0.4) is 0 Å². The second-order valence-electron chi connectivity index (χ2n) is 7.24. The van der Waals surface area contributed by atoms with Crippen molar-refractivity contribution in [1.82, 2.24) is 0 Å². The zero-order valence-corrected chi connectivity index (χ0v) is 13.9. The van der Waals surface area contributed by atoms with Crippen molar-refractivity contribution in [1.29, 1.82) is 0 Å². The summed E-state index contributed by atoms with van der Waals surface area (Å²) in [5.74, 6) is 1.47. The van der Waals surface area contributed by atoms with E-state index in [4.69, 9.17) is 9.47 Å². The van der Waals surface area contributed by atoms with Gasteiger partial charge in [0.1, 0.15) is 13.1 Å². The highest BCUT2D eigenvalue weighted by atomic mass is 16.5. The lowest BCUT2D eigenvalue weighted by Gasteiger charge is -2.37. The summed E-state index contributed by atoms with van der Waals surface area (Å²) >= 11 is 0. The first-order chi connectivity index (χ1) is 9.89. The van der Waals surface area contributed by atoms with Crippen molar-refractivity contribution >= 4 is 5.97 Å². The Kier molecular flexibility index (Phi) is 5.44. The third-order valence-electron chi connectivity index (χ3n) is 5.10. The maximum absolute atomic E-state index is 12.1. The van der Waals surface area contributed by atoms with E-state index in [1.165, 1.54) is 5.57 Å². The predicted octanol–water partition coefficient (Wildman–Crippen LogP) is 2.24. The predicted molar refractivity (Wildman–Crippen MR) is 82.8 cm³/mol. The topological polar surface area (TPSA) is 35.5 Å². The van der Waals surface area contributed by atoms with Crippen LogP contribution in [0.1, 0.15) is 27.2 Å². The quantitative estimate of drug-likeness (QED) is 0.453. The molecule has 1 aliphatic carbocycles. The maximum atomic E-state index is 12.1. The number of morpholine rings is 1. The van der Waals surface area contributed by atoms with Crippen LogP contribution in [-0.2, 0) is 14.3 Å². The molecule has 0 spiro atoms. The first-order valence-electron chi connectivity index (χ1n) is 8.14. The van der Waals surface area contributed by atoms with Crippen molar-refractivity contribution in [3.8, 4) is 0 Å². The summed E-state index contributed by atoms with van der Waals surface area (Å²) in [6.07, 6.45) is 3.45. The molecule has 2 rings (SSSR count). The van der Waals surface area contributed by atoms with Crippen LogP contribution in [0, 0.1) is 17.8 Å². The second-order valence-corrected chi connectivity index (χ2v) is 7.24. The van der Waals surface area contributed by atoms with E-state index in [1.54, 1.807) is 0 Å². The zero-order valence-electron chi connectivity index (χ0n) is 13.9. The molecule has 21 heavy (non-hydrogen) atoms. The minimum Gasteiger partial charge on any atom is -0.461 e. The summed E-state index contributed by atoms with van der Waals surface area (Å²) in [4.78, 5) is 12.1. The number of carbonyl (C=O) groups excluding carboxylic acids is 1. The van der Waals surface area contributed by atoms with Gasteiger partial charge in [0.2, 0.25) is 0 Å². The van der Waals surface area contributed by atoms with Crippen LogP contribution in [0.15, 0.2) is 11.6 Å². The van der Waals surface area contributed by atoms with E-state index in [0.717, 1.165) is 37.2 Å². The zero-order chi connectivity index (χ0) is 15.5. The van der Waals surface area contributed by atoms with E-state index in [2.05, 4.69) is 33.9 Å². The average molecular weight is 296 g/mol. The molecule has 0 saturated carbocycles. The summed E-state index contributed by atoms with van der Waals surface area (Å²) in [6, 6.07) is 0. The molecule has 0 N–H and O–H groups in total. The molecule has 2 aliphatic rings. The van der Waals surface area contributed by atoms with Gasteiger partial charge in [0.05, 0.1) is 26.9 Å². The second kappa shape index (κ2) is 6.93. The van der Waals surface area contributed by atoms with Crippen LogP contribution in [0.2, 0.25) is 0 Å². The number of likely N-dealkylation sites (N-methyl/N-ethyl adjacent to an activating group) is 1. The monoisotopic (exact) mass is 296 g/mol. The SMILES string of the molecule is CC1=C[C@@H](C)[C@H](COC(=O)C[N+]2(C)CCOCC2)[C@H](C)C1. The molecule has 120 valence electrons. The molecule has 1 heterocycles. The Morgan fingerprint density at radius 1 is 1.38 bits per heavy atom. The van der Waals surface area contributed by atoms with Gasteiger partial charge < -0.3 is 14.0 Å². The molecular formula is C17H30NO3+. The van der Waals surface area contributed by atoms with Gasteiger partial charge in [-0.1, -0.05) is 25.5 Å². The molecule has 0 unspecified atom stereocenters. The summed E-state index contributed by atoms with van der Waals surface area (Å²) in [7, 11) is 2.11. The van der Waals surface area contributed by atoms with Crippen molar-refractivity contribution in [2.75, 3.05) is 46.5 Å². The Bertz CT molecular complexity index is 399. The van der Waals surface area contributed by atoms with Crippen molar-refractivity contribution in [3.63, 3.8) is 0 Å². The summed E-state index contributed by atoms with van der Waals surface area (Å²) in [6.45, 7) is 11.0. The third kappa shape index (κ3) is 4.55. The molecule has 1 fully saturated rings. The molecule has 1 aliphatic heterocycles. The third-order valence-corrected chi connectivity index (χ3v) is 5.10. The largest absolute Gasteiger partial charge is 0.461 e. The van der Waals surface area contributed by atoms with Crippen molar-refractivity contribution in [2.24, 2.45) is 17.8 Å². The number of esters is 1. The van der Waals surface area contributed by atoms with Crippen LogP contribution in [0.4, 0.5) is 0 Å². The normalized spacial score (nSPS) is 32.4. The lowest BCUT2D eigenvalue weighted by Crippen LogP contribution is -2.54. The fraction of sp³-hybridized carbons (Fsp3) is 0.824. The molecule has 4 heteroatoms. The van der Waals surface area contributed by atoms with Crippen LogP contribution in [-0.4, -0.2) is 57.0 Å². The number of hydrogen-bond acceptors (Lipinski definition) is 3. The lowest BCUT2D eigenvalue weighted by molar-refractivity contribution is -0.910. The van der Waals surface area contributed by atoms with E-state index in [-0.39, 0.29) is 5.97 Å². The molecule has 0 bridgehead atoms. The summed E-state index contributed by atoms with van der Waals surface area (Å²) < 4.78 is 11.7. The fourth-order valence-electron chi connectivity index (χ4n) is 3.62. The Hall–Kier alpha value is -0.870. The number of nitrogens with zero attached hydrogens (tertiary/aromatic N) is 1. The Balaban J connectivity index is 1.81. The number of hydrogen-bond donors (Lipinski definition) is 0. The minimum atomic E-state index is -0.0647. The molecule has 0 aromatic carbocycles. The van der Waals surface area contributed by atoms with Crippen LogP contribution < -0.4 is 0 Å². The molecule has 0 aromatic heterocycles. The lowest BCUT2D eigenvalue weighted by atomic mass is 9.75. The van der Waals surface area contributed by atoms with Gasteiger partial charge in [-0.2, -0.15) is 0 Å². The Morgan fingerprint density at radius 3 is 2.67 bits per heavy atom. The molecule has 3 atom stereocenters. The van der Waals surface area contributed by atoms with Gasteiger partial charge in [0.15, 0.2) is 6.54 Å². The number of ether oxygens (including phenoxy) is 2. The van der Waals surface area contributed by atoms with E-state index >= 15 is 0 Å². The van der Waals surface area contributed by atoms with E-state index in [1.807, 2.05) is 0 Å². The standard InChI is InChI=1S/C17H30NO3/c1-13-9-14(2)16(15(3)10-13)12-21-17(19)11-18(4)5-7-20-8-6-18/h9,14-16H,5-8,10-12H2,1-4H3/q+1/t14-,15-,16+/m1/s1. The molecule has 0 aromatic rings. The molecule has 1 saturated heterocycles. The Morgan fingerprint density at radius 2 is 2.05 bits per heavy atom. The van der Waals surface area contributed by atoms with E-state index in [9.17, 15) is 4.79 Å². The number of allylic oxidation sites excluding steroid dienone is 2. The van der Waals surface area contributed by atoms with Gasteiger partial charge in [-0.05, 0) is 25.2 Å². The average Bonchev–Trinajstić information content (AvgIpc) is 2.37. The number of rotatable bonds is 4.